The first-order chi connectivity index (χ1) is 13.6. The predicted molar refractivity (Wildman–Crippen MR) is 127 cm³/mol. The van der Waals surface area contributed by atoms with Crippen molar-refractivity contribution in [3.05, 3.63) is 81.9 Å². The fourth-order valence-corrected chi connectivity index (χ4v) is 4.93. The van der Waals surface area contributed by atoms with Gasteiger partial charge >= 0.3 is 0 Å². The number of rotatable bonds is 5. The third-order valence-electron chi connectivity index (χ3n) is 4.66. The maximum atomic E-state index is 6.63. The molecule has 28 heavy (non-hydrogen) atoms. The van der Waals surface area contributed by atoms with Crippen molar-refractivity contribution in [2.45, 2.75) is 0 Å². The van der Waals surface area contributed by atoms with Crippen molar-refractivity contribution >= 4 is 46.2 Å². The number of nitrogens with two attached hydrogens (primary N) is 1. The van der Waals surface area contributed by atoms with Crippen molar-refractivity contribution in [3.8, 4) is 21.6 Å². The van der Waals surface area contributed by atoms with Gasteiger partial charge in [0.15, 0.2) is 0 Å². The third kappa shape index (κ3) is 3.75. The van der Waals surface area contributed by atoms with Crippen molar-refractivity contribution in [2.75, 3.05) is 24.7 Å². The summed E-state index contributed by atoms with van der Waals surface area (Å²) in [5.41, 5.74) is 13.4. The largest absolute Gasteiger partial charge is 0.397 e. The average Bonchev–Trinajstić information content (AvgIpc) is 3.35. The quantitative estimate of drug-likeness (QED) is 0.391. The van der Waals surface area contributed by atoms with Gasteiger partial charge in [-0.3, -0.25) is 0 Å². The highest BCUT2D eigenvalue weighted by Gasteiger charge is 2.18. The van der Waals surface area contributed by atoms with Crippen molar-refractivity contribution in [1.82, 2.24) is 0 Å². The summed E-state index contributed by atoms with van der Waals surface area (Å²) in [5, 5.41) is 4.27. The Kier molecular flexibility index (Phi) is 5.33. The highest BCUT2D eigenvalue weighted by molar-refractivity contribution is 7.17. The molecule has 0 aliphatic carbocycles. The molecule has 0 aliphatic heterocycles. The third-order valence-corrected chi connectivity index (χ3v) is 6.56. The van der Waals surface area contributed by atoms with Crippen LogP contribution >= 0.6 is 22.7 Å². The van der Waals surface area contributed by atoms with Crippen LogP contribution < -0.4 is 10.6 Å². The second-order valence-corrected chi connectivity index (χ2v) is 8.61. The van der Waals surface area contributed by atoms with Gasteiger partial charge in [0.05, 0.1) is 10.6 Å². The summed E-state index contributed by atoms with van der Waals surface area (Å²) in [4.78, 5) is 4.42. The molecule has 0 radical (unpaired) electrons. The van der Waals surface area contributed by atoms with Gasteiger partial charge in [-0.2, -0.15) is 11.3 Å². The zero-order valence-corrected chi connectivity index (χ0v) is 17.6. The summed E-state index contributed by atoms with van der Waals surface area (Å²) < 4.78 is 0. The van der Waals surface area contributed by atoms with Crippen molar-refractivity contribution in [1.29, 1.82) is 0 Å². The summed E-state index contributed by atoms with van der Waals surface area (Å²) in [6.45, 7) is 0. The molecule has 2 aromatic heterocycles. The van der Waals surface area contributed by atoms with E-state index >= 15 is 0 Å². The molecule has 0 spiro atoms. The van der Waals surface area contributed by atoms with Gasteiger partial charge in [0.1, 0.15) is 0 Å². The molecule has 4 aromatic rings. The van der Waals surface area contributed by atoms with Gasteiger partial charge in [0.2, 0.25) is 0 Å². The molecule has 2 heterocycles. The molecule has 0 atom stereocenters. The molecule has 4 rings (SSSR count). The van der Waals surface area contributed by atoms with Gasteiger partial charge in [0.25, 0.3) is 0 Å². The molecular weight excluding hydrogens is 380 g/mol. The van der Waals surface area contributed by atoms with Crippen LogP contribution in [0.25, 0.3) is 33.7 Å². The first-order valence-corrected chi connectivity index (χ1v) is 10.8. The predicted octanol–water partition coefficient (Wildman–Crippen LogP) is 6.96. The second kappa shape index (κ2) is 8.05. The maximum absolute atomic E-state index is 6.63. The van der Waals surface area contributed by atoms with Gasteiger partial charge in [-0.1, -0.05) is 48.5 Å². The van der Waals surface area contributed by atoms with E-state index in [4.69, 9.17) is 5.73 Å². The van der Waals surface area contributed by atoms with E-state index in [1.54, 1.807) is 22.7 Å². The summed E-state index contributed by atoms with van der Waals surface area (Å²) in [6.07, 6.45) is 4.25. The van der Waals surface area contributed by atoms with E-state index in [-0.39, 0.29) is 0 Å². The lowest BCUT2D eigenvalue weighted by Crippen LogP contribution is -2.07. The molecular formula is C24H22N2S2. The Morgan fingerprint density at radius 3 is 2.25 bits per heavy atom. The van der Waals surface area contributed by atoms with Crippen molar-refractivity contribution in [2.24, 2.45) is 0 Å². The summed E-state index contributed by atoms with van der Waals surface area (Å²) >= 11 is 3.45. The van der Waals surface area contributed by atoms with Crippen LogP contribution in [-0.2, 0) is 0 Å². The van der Waals surface area contributed by atoms with E-state index in [1.165, 1.54) is 27.3 Å². The van der Waals surface area contributed by atoms with Crippen LogP contribution in [0.2, 0.25) is 0 Å². The maximum Gasteiger partial charge on any atom is 0.0583 e. The standard InChI is InChI=1S/C24H22N2S2/c1-26(2)20-11-9-18(10-12-20)24-22(19-14-15-27-16-19)23(25)21(28-24)13-8-17-6-4-3-5-7-17/h3-16H,25H2,1-2H3/b13-8+. The minimum atomic E-state index is 0.849. The molecule has 0 saturated heterocycles. The number of hydrogen-bond acceptors (Lipinski definition) is 4. The van der Waals surface area contributed by atoms with Crippen LogP contribution in [0.15, 0.2) is 71.4 Å². The summed E-state index contributed by atoms with van der Waals surface area (Å²) in [7, 11) is 4.11. The average molecular weight is 403 g/mol. The lowest BCUT2D eigenvalue weighted by molar-refractivity contribution is 1.13. The number of nitrogen functional groups attached to an aromatic ring is 1. The zero-order chi connectivity index (χ0) is 19.5. The highest BCUT2D eigenvalue weighted by atomic mass is 32.1. The van der Waals surface area contributed by atoms with Crippen LogP contribution in [0.5, 0.6) is 0 Å². The molecule has 2 N–H and O–H groups in total. The van der Waals surface area contributed by atoms with Gasteiger partial charge in [-0.05, 0) is 51.7 Å². The fourth-order valence-electron chi connectivity index (χ4n) is 3.13. The van der Waals surface area contributed by atoms with Crippen molar-refractivity contribution < 1.29 is 0 Å². The Morgan fingerprint density at radius 2 is 1.61 bits per heavy atom. The van der Waals surface area contributed by atoms with Crippen LogP contribution in [0.3, 0.4) is 0 Å². The first-order valence-electron chi connectivity index (χ1n) is 9.09. The lowest BCUT2D eigenvalue weighted by Gasteiger charge is -2.12. The number of nitrogens with zero attached hydrogens (tertiary/aromatic N) is 1. The van der Waals surface area contributed by atoms with E-state index in [0.29, 0.717) is 0 Å². The summed E-state index contributed by atoms with van der Waals surface area (Å²) in [5.74, 6) is 0. The normalized spacial score (nSPS) is 11.2. The molecule has 4 heteroatoms. The van der Waals surface area contributed by atoms with Gasteiger partial charge < -0.3 is 10.6 Å². The molecule has 0 bridgehead atoms. The lowest BCUT2D eigenvalue weighted by atomic mass is 10.0. The minimum Gasteiger partial charge on any atom is -0.397 e. The van der Waals surface area contributed by atoms with Crippen LogP contribution in [-0.4, -0.2) is 14.1 Å². The van der Waals surface area contributed by atoms with Crippen LogP contribution in [0.4, 0.5) is 11.4 Å². The monoisotopic (exact) mass is 402 g/mol. The van der Waals surface area contributed by atoms with Crippen LogP contribution in [0.1, 0.15) is 10.4 Å². The minimum absolute atomic E-state index is 0.849. The van der Waals surface area contributed by atoms with Gasteiger partial charge in [-0.15, -0.1) is 11.3 Å². The molecule has 0 amide bonds. The fraction of sp³-hybridized carbons (Fsp3) is 0.0833. The van der Waals surface area contributed by atoms with Gasteiger partial charge in [0, 0.05) is 30.2 Å². The van der Waals surface area contributed by atoms with Crippen LogP contribution in [0, 0.1) is 0 Å². The van der Waals surface area contributed by atoms with Gasteiger partial charge in [-0.25, -0.2) is 0 Å². The number of thiophene rings is 2. The van der Waals surface area contributed by atoms with E-state index < -0.39 is 0 Å². The SMILES string of the molecule is CN(C)c1ccc(-c2sc(/C=C/c3ccccc3)c(N)c2-c2ccsc2)cc1. The molecule has 0 aliphatic rings. The molecule has 140 valence electrons. The second-order valence-electron chi connectivity index (χ2n) is 6.78. The Balaban J connectivity index is 1.80. The highest BCUT2D eigenvalue weighted by Crippen LogP contribution is 2.46. The number of anilines is 2. The topological polar surface area (TPSA) is 29.3 Å². The smallest absolute Gasteiger partial charge is 0.0583 e. The Hall–Kier alpha value is -2.82. The zero-order valence-electron chi connectivity index (χ0n) is 15.9. The Labute approximate surface area is 174 Å². The molecule has 2 nitrogen and oxygen atoms in total. The first kappa shape index (κ1) is 18.5. The van der Waals surface area contributed by atoms with E-state index in [9.17, 15) is 0 Å². The van der Waals surface area contributed by atoms with E-state index in [1.807, 2.05) is 18.2 Å². The number of hydrogen-bond donors (Lipinski definition) is 1. The molecule has 2 aromatic carbocycles. The summed E-state index contributed by atoms with van der Waals surface area (Å²) in [6, 6.07) is 21.1. The number of benzene rings is 2. The Morgan fingerprint density at radius 1 is 0.857 bits per heavy atom. The van der Waals surface area contributed by atoms with E-state index in [0.717, 1.165) is 16.1 Å². The molecule has 0 unspecified atom stereocenters. The molecule has 0 fully saturated rings. The van der Waals surface area contributed by atoms with E-state index in [2.05, 4.69) is 84.4 Å². The Bertz CT molecular complexity index is 1070. The molecule has 0 saturated carbocycles. The van der Waals surface area contributed by atoms with Crippen molar-refractivity contribution in [3.63, 3.8) is 0 Å².